The van der Waals surface area contributed by atoms with Gasteiger partial charge in [0.05, 0.1) is 11.1 Å². The van der Waals surface area contributed by atoms with Crippen LogP contribution < -0.4 is 10.3 Å². The maximum atomic E-state index is 12.6. The zero-order valence-corrected chi connectivity index (χ0v) is 11.5. The molecule has 0 bridgehead atoms. The minimum Gasteiger partial charge on any atom is -0.485 e. The quantitative estimate of drug-likeness (QED) is 0.687. The Kier molecular flexibility index (Phi) is 2.49. The molecule has 0 radical (unpaired) electrons. The summed E-state index contributed by atoms with van der Waals surface area (Å²) in [4.78, 5) is 12.6. The number of nitrogens with zero attached hydrogens (tertiary/aromatic N) is 1. The van der Waals surface area contributed by atoms with Crippen molar-refractivity contribution in [2.45, 2.75) is 25.4 Å². The van der Waals surface area contributed by atoms with Gasteiger partial charge in [0.25, 0.3) is 5.56 Å². The molecule has 2 unspecified atom stereocenters. The Bertz CT molecular complexity index is 772. The summed E-state index contributed by atoms with van der Waals surface area (Å²) in [5, 5.41) is 1.04. The maximum Gasteiger partial charge on any atom is 0.257 e. The van der Waals surface area contributed by atoms with E-state index in [1.54, 1.807) is 4.57 Å². The first-order chi connectivity index (χ1) is 9.75. The molecule has 4 rings (SSSR count). The molecule has 1 aromatic carbocycles. The molecule has 3 heteroatoms. The Labute approximate surface area is 117 Å². The lowest BCUT2D eigenvalue weighted by Gasteiger charge is -2.34. The largest absolute Gasteiger partial charge is 0.485 e. The highest BCUT2D eigenvalue weighted by Crippen LogP contribution is 2.38. The summed E-state index contributed by atoms with van der Waals surface area (Å²) in [7, 11) is 1.85. The van der Waals surface area contributed by atoms with Gasteiger partial charge < -0.3 is 9.30 Å². The Morgan fingerprint density at radius 1 is 1.30 bits per heavy atom. The maximum absolute atomic E-state index is 12.6. The highest BCUT2D eigenvalue weighted by Gasteiger charge is 2.32. The van der Waals surface area contributed by atoms with Crippen molar-refractivity contribution in [3.05, 3.63) is 52.3 Å². The molecule has 0 amide bonds. The first kappa shape index (κ1) is 11.8. The number of rotatable bonds is 0. The number of para-hydroxylation sites is 1. The van der Waals surface area contributed by atoms with Crippen LogP contribution in [0.2, 0.25) is 0 Å². The van der Waals surface area contributed by atoms with Gasteiger partial charge in [-0.15, -0.1) is 0 Å². The summed E-state index contributed by atoms with van der Waals surface area (Å²) in [5.41, 5.74) is 1.88. The average Bonchev–Trinajstić information content (AvgIpc) is 2.51. The van der Waals surface area contributed by atoms with Crippen molar-refractivity contribution >= 4 is 10.9 Å². The monoisotopic (exact) mass is 267 g/mol. The molecular weight excluding hydrogens is 250 g/mol. The molecule has 1 aliphatic heterocycles. The van der Waals surface area contributed by atoms with E-state index in [-0.39, 0.29) is 11.7 Å². The van der Waals surface area contributed by atoms with E-state index >= 15 is 0 Å². The molecule has 102 valence electrons. The molecule has 2 heterocycles. The lowest BCUT2D eigenvalue weighted by Crippen LogP contribution is -2.37. The van der Waals surface area contributed by atoms with Crippen molar-refractivity contribution in [1.82, 2.24) is 4.57 Å². The number of benzene rings is 1. The van der Waals surface area contributed by atoms with Gasteiger partial charge in [0.15, 0.2) is 0 Å². The van der Waals surface area contributed by atoms with Gasteiger partial charge in [-0.05, 0) is 37.5 Å². The SMILES string of the molecule is Cn1c(=O)c2c(c3ccccc31)OC1C=CCCC1C2. The van der Waals surface area contributed by atoms with Crippen molar-refractivity contribution in [3.63, 3.8) is 0 Å². The Balaban J connectivity index is 2.00. The number of fused-ring (bicyclic) bond motifs is 4. The van der Waals surface area contributed by atoms with E-state index in [0.717, 1.165) is 41.5 Å². The number of hydrogen-bond acceptors (Lipinski definition) is 2. The van der Waals surface area contributed by atoms with Crippen molar-refractivity contribution in [3.8, 4) is 5.75 Å². The third kappa shape index (κ3) is 1.56. The molecule has 0 saturated heterocycles. The third-order valence-corrected chi connectivity index (χ3v) is 4.56. The molecule has 0 saturated carbocycles. The molecule has 2 aliphatic rings. The molecule has 1 aromatic heterocycles. The Morgan fingerprint density at radius 2 is 2.15 bits per heavy atom. The summed E-state index contributed by atoms with van der Waals surface area (Å²) in [6.45, 7) is 0. The number of aryl methyl sites for hydroxylation is 1. The van der Waals surface area contributed by atoms with Crippen LogP contribution in [0.3, 0.4) is 0 Å². The number of hydrogen-bond donors (Lipinski definition) is 0. The fourth-order valence-corrected chi connectivity index (χ4v) is 3.46. The van der Waals surface area contributed by atoms with Gasteiger partial charge in [-0.1, -0.05) is 18.2 Å². The minimum atomic E-state index is 0.0895. The topological polar surface area (TPSA) is 31.2 Å². The summed E-state index contributed by atoms with van der Waals surface area (Å²) in [6.07, 6.45) is 7.51. The van der Waals surface area contributed by atoms with Crippen LogP contribution in [0.25, 0.3) is 10.9 Å². The van der Waals surface area contributed by atoms with Crippen LogP contribution in [-0.4, -0.2) is 10.7 Å². The fourth-order valence-electron chi connectivity index (χ4n) is 3.46. The molecule has 0 spiro atoms. The standard InChI is InChI=1S/C17H17NO2/c1-18-14-8-4-3-7-12(14)16-13(17(18)19)10-11-6-2-5-9-15(11)20-16/h3-5,7-9,11,15H,2,6,10H2,1H3. The summed E-state index contributed by atoms with van der Waals surface area (Å²) < 4.78 is 7.93. The van der Waals surface area contributed by atoms with Crippen LogP contribution >= 0.6 is 0 Å². The van der Waals surface area contributed by atoms with Gasteiger partial charge in [-0.3, -0.25) is 4.79 Å². The van der Waals surface area contributed by atoms with Crippen molar-refractivity contribution in [2.75, 3.05) is 0 Å². The second kappa shape index (κ2) is 4.23. The summed E-state index contributed by atoms with van der Waals surface area (Å²) in [5.74, 6) is 1.25. The van der Waals surface area contributed by atoms with Gasteiger partial charge >= 0.3 is 0 Å². The summed E-state index contributed by atoms with van der Waals surface area (Å²) in [6, 6.07) is 7.98. The average molecular weight is 267 g/mol. The lowest BCUT2D eigenvalue weighted by atomic mass is 9.84. The first-order valence-electron chi connectivity index (χ1n) is 7.19. The van der Waals surface area contributed by atoms with Crippen LogP contribution in [0.4, 0.5) is 0 Å². The second-order valence-electron chi connectivity index (χ2n) is 5.74. The van der Waals surface area contributed by atoms with E-state index in [9.17, 15) is 4.79 Å². The highest BCUT2D eigenvalue weighted by molar-refractivity contribution is 5.87. The number of allylic oxidation sites excluding steroid dienone is 1. The van der Waals surface area contributed by atoms with Gasteiger partial charge in [0.1, 0.15) is 11.9 Å². The number of ether oxygens (including phenoxy) is 1. The molecule has 3 nitrogen and oxygen atoms in total. The van der Waals surface area contributed by atoms with Gasteiger partial charge in [-0.25, -0.2) is 0 Å². The minimum absolute atomic E-state index is 0.0895. The molecule has 1 aliphatic carbocycles. The number of pyridine rings is 1. The predicted molar refractivity (Wildman–Crippen MR) is 79.2 cm³/mol. The van der Waals surface area contributed by atoms with Gasteiger partial charge in [-0.2, -0.15) is 0 Å². The second-order valence-corrected chi connectivity index (χ2v) is 5.74. The van der Waals surface area contributed by atoms with E-state index < -0.39 is 0 Å². The Morgan fingerprint density at radius 3 is 3.05 bits per heavy atom. The first-order valence-corrected chi connectivity index (χ1v) is 7.19. The molecule has 0 fully saturated rings. The van der Waals surface area contributed by atoms with Crippen LogP contribution in [0.15, 0.2) is 41.2 Å². The van der Waals surface area contributed by atoms with Crippen LogP contribution in [0.5, 0.6) is 5.75 Å². The van der Waals surface area contributed by atoms with E-state index in [2.05, 4.69) is 12.2 Å². The zero-order chi connectivity index (χ0) is 13.7. The van der Waals surface area contributed by atoms with Crippen molar-refractivity contribution < 1.29 is 4.74 Å². The van der Waals surface area contributed by atoms with E-state index in [4.69, 9.17) is 4.74 Å². The normalized spacial score (nSPS) is 24.1. The summed E-state index contributed by atoms with van der Waals surface area (Å²) >= 11 is 0. The predicted octanol–water partition coefficient (Wildman–Crippen LogP) is 2.81. The third-order valence-electron chi connectivity index (χ3n) is 4.56. The fraction of sp³-hybridized carbons (Fsp3) is 0.353. The highest BCUT2D eigenvalue weighted by atomic mass is 16.5. The van der Waals surface area contributed by atoms with Crippen LogP contribution in [0.1, 0.15) is 18.4 Å². The number of aromatic nitrogens is 1. The van der Waals surface area contributed by atoms with Crippen molar-refractivity contribution in [2.24, 2.45) is 13.0 Å². The van der Waals surface area contributed by atoms with Crippen LogP contribution in [-0.2, 0) is 13.5 Å². The molecule has 2 aromatic rings. The molecule has 20 heavy (non-hydrogen) atoms. The Hall–Kier alpha value is -2.03. The molecule has 2 atom stereocenters. The van der Waals surface area contributed by atoms with Crippen LogP contribution in [0, 0.1) is 5.92 Å². The van der Waals surface area contributed by atoms with E-state index in [1.165, 1.54) is 0 Å². The lowest BCUT2D eigenvalue weighted by molar-refractivity contribution is 0.143. The van der Waals surface area contributed by atoms with E-state index in [1.807, 2.05) is 31.3 Å². The molecule has 0 N–H and O–H groups in total. The van der Waals surface area contributed by atoms with Crippen molar-refractivity contribution in [1.29, 1.82) is 0 Å². The zero-order valence-electron chi connectivity index (χ0n) is 11.5. The smallest absolute Gasteiger partial charge is 0.257 e. The molecular formula is C17H17NO2. The van der Waals surface area contributed by atoms with Gasteiger partial charge in [0.2, 0.25) is 0 Å². The van der Waals surface area contributed by atoms with Gasteiger partial charge in [0, 0.05) is 18.4 Å². The van der Waals surface area contributed by atoms with E-state index in [0.29, 0.717) is 5.92 Å².